The summed E-state index contributed by atoms with van der Waals surface area (Å²) in [7, 11) is 0. The minimum absolute atomic E-state index is 0.589. The number of halogens is 2. The molecule has 0 spiro atoms. The number of aromatic nitrogens is 2. The van der Waals surface area contributed by atoms with Crippen molar-refractivity contribution in [2.75, 3.05) is 0 Å². The Morgan fingerprint density at radius 2 is 1.94 bits per heavy atom. The van der Waals surface area contributed by atoms with Crippen LogP contribution >= 0.6 is 35.4 Å². The summed E-state index contributed by atoms with van der Waals surface area (Å²) in [5, 5.41) is 1.22. The molecule has 1 N–H and O–H groups in total. The maximum absolute atomic E-state index is 6.25. The van der Waals surface area contributed by atoms with Crippen molar-refractivity contribution in [2.45, 2.75) is 13.8 Å². The maximum atomic E-state index is 6.25. The average molecular weight is 273 g/mol. The average Bonchev–Trinajstić information content (AvgIpc) is 2.53. The van der Waals surface area contributed by atoms with Gasteiger partial charge in [-0.2, -0.15) is 0 Å². The van der Waals surface area contributed by atoms with Crippen molar-refractivity contribution in [1.82, 2.24) is 9.55 Å². The third kappa shape index (κ3) is 1.90. The zero-order chi connectivity index (χ0) is 11.9. The highest BCUT2D eigenvalue weighted by molar-refractivity contribution is 7.71. The largest absolute Gasteiger partial charge is 0.335 e. The van der Waals surface area contributed by atoms with Gasteiger partial charge in [-0.3, -0.25) is 4.57 Å². The minimum Gasteiger partial charge on any atom is -0.335 e. The molecule has 0 bridgehead atoms. The second-order valence-corrected chi connectivity index (χ2v) is 4.81. The zero-order valence-corrected chi connectivity index (χ0v) is 11.2. The number of rotatable bonds is 1. The van der Waals surface area contributed by atoms with E-state index in [2.05, 4.69) is 4.98 Å². The standard InChI is InChI=1S/C11H10Cl2N2S/c1-6-3-4-8(12)10(9(6)13)15-5-7(2)14-11(15)16/h3-5H,1-2H3,(H,14,16). The Bertz CT molecular complexity index is 599. The third-order valence-electron chi connectivity index (χ3n) is 2.35. The first-order chi connectivity index (χ1) is 7.50. The Hall–Kier alpha value is -0.770. The number of aryl methyl sites for hydroxylation is 2. The third-order valence-corrected chi connectivity index (χ3v) is 3.43. The van der Waals surface area contributed by atoms with Gasteiger partial charge in [-0.05, 0) is 37.7 Å². The molecule has 2 aromatic rings. The van der Waals surface area contributed by atoms with Gasteiger partial charge in [0.1, 0.15) is 0 Å². The Labute approximate surface area is 109 Å². The van der Waals surface area contributed by atoms with Crippen molar-refractivity contribution in [3.05, 3.63) is 44.4 Å². The molecule has 1 aromatic heterocycles. The fraction of sp³-hybridized carbons (Fsp3) is 0.182. The van der Waals surface area contributed by atoms with E-state index in [1.165, 1.54) is 0 Å². The molecule has 84 valence electrons. The van der Waals surface area contributed by atoms with Gasteiger partial charge in [-0.15, -0.1) is 0 Å². The fourth-order valence-corrected chi connectivity index (χ4v) is 2.40. The monoisotopic (exact) mass is 272 g/mol. The lowest BCUT2D eigenvalue weighted by molar-refractivity contribution is 1.03. The number of hydrogen-bond acceptors (Lipinski definition) is 1. The Balaban J connectivity index is 2.78. The van der Waals surface area contributed by atoms with Crippen LogP contribution < -0.4 is 0 Å². The van der Waals surface area contributed by atoms with Crippen molar-refractivity contribution < 1.29 is 0 Å². The molecule has 0 unspecified atom stereocenters. The summed E-state index contributed by atoms with van der Waals surface area (Å²) in [6, 6.07) is 3.71. The van der Waals surface area contributed by atoms with Gasteiger partial charge < -0.3 is 4.98 Å². The van der Waals surface area contributed by atoms with E-state index in [9.17, 15) is 0 Å². The van der Waals surface area contributed by atoms with Crippen LogP contribution in [-0.2, 0) is 0 Å². The molecule has 16 heavy (non-hydrogen) atoms. The summed E-state index contributed by atoms with van der Waals surface area (Å²) in [6.07, 6.45) is 1.88. The van der Waals surface area contributed by atoms with Gasteiger partial charge in [0.2, 0.25) is 0 Å². The lowest BCUT2D eigenvalue weighted by Gasteiger charge is -2.09. The lowest BCUT2D eigenvalue weighted by Crippen LogP contribution is -1.96. The molecule has 0 fully saturated rings. The molecule has 0 aliphatic rings. The molecule has 0 amide bonds. The first-order valence-corrected chi connectivity index (χ1v) is 5.90. The van der Waals surface area contributed by atoms with Crippen molar-refractivity contribution >= 4 is 35.4 Å². The Morgan fingerprint density at radius 3 is 2.50 bits per heavy atom. The smallest absolute Gasteiger partial charge is 0.182 e. The number of aromatic amines is 1. The van der Waals surface area contributed by atoms with Crippen molar-refractivity contribution in [1.29, 1.82) is 0 Å². The maximum Gasteiger partial charge on any atom is 0.182 e. The Kier molecular flexibility index (Phi) is 3.10. The van der Waals surface area contributed by atoms with Gasteiger partial charge in [0.15, 0.2) is 4.77 Å². The molecule has 0 radical (unpaired) electrons. The van der Waals surface area contributed by atoms with Gasteiger partial charge in [0.05, 0.1) is 15.7 Å². The normalized spacial score (nSPS) is 10.8. The number of imidazole rings is 1. The van der Waals surface area contributed by atoms with Crippen LogP contribution in [0.25, 0.3) is 5.69 Å². The summed E-state index contributed by atoms with van der Waals surface area (Å²) in [5.41, 5.74) is 2.68. The van der Waals surface area contributed by atoms with Gasteiger partial charge in [-0.1, -0.05) is 29.3 Å². The quantitative estimate of drug-likeness (QED) is 0.761. The topological polar surface area (TPSA) is 20.7 Å². The molecule has 1 aromatic carbocycles. The highest BCUT2D eigenvalue weighted by Crippen LogP contribution is 2.31. The highest BCUT2D eigenvalue weighted by Gasteiger charge is 2.11. The van der Waals surface area contributed by atoms with Crippen LogP contribution in [0.15, 0.2) is 18.3 Å². The van der Waals surface area contributed by atoms with Crippen LogP contribution in [0.4, 0.5) is 0 Å². The van der Waals surface area contributed by atoms with Crippen LogP contribution in [0.1, 0.15) is 11.3 Å². The number of nitrogens with one attached hydrogen (secondary N) is 1. The molecule has 1 heterocycles. The van der Waals surface area contributed by atoms with Crippen molar-refractivity contribution in [3.63, 3.8) is 0 Å². The molecule has 0 saturated heterocycles. The summed E-state index contributed by atoms with van der Waals surface area (Å²) < 4.78 is 2.38. The van der Waals surface area contributed by atoms with Crippen molar-refractivity contribution in [3.8, 4) is 5.69 Å². The first kappa shape index (κ1) is 11.7. The van der Waals surface area contributed by atoms with E-state index in [4.69, 9.17) is 35.4 Å². The SMILES string of the molecule is Cc1cn(-c2c(Cl)ccc(C)c2Cl)c(=S)[nH]1. The fourth-order valence-electron chi connectivity index (χ4n) is 1.54. The van der Waals surface area contributed by atoms with Crippen molar-refractivity contribution in [2.24, 2.45) is 0 Å². The lowest BCUT2D eigenvalue weighted by atomic mass is 10.2. The summed E-state index contributed by atoms with van der Waals surface area (Å²) >= 11 is 17.6. The van der Waals surface area contributed by atoms with Crippen LogP contribution in [0, 0.1) is 18.6 Å². The number of hydrogen-bond donors (Lipinski definition) is 1. The van der Waals surface area contributed by atoms with E-state index in [0.29, 0.717) is 14.8 Å². The summed E-state index contributed by atoms with van der Waals surface area (Å²) in [5.74, 6) is 0. The van der Waals surface area contributed by atoms with E-state index in [0.717, 1.165) is 16.9 Å². The van der Waals surface area contributed by atoms with Crippen LogP contribution in [0.5, 0.6) is 0 Å². The number of H-pyrrole nitrogens is 1. The highest BCUT2D eigenvalue weighted by atomic mass is 35.5. The molecule has 2 rings (SSSR count). The minimum atomic E-state index is 0.589. The molecular formula is C11H10Cl2N2S. The molecule has 0 atom stereocenters. The van der Waals surface area contributed by atoms with E-state index in [1.807, 2.05) is 32.2 Å². The molecule has 2 nitrogen and oxygen atoms in total. The molecule has 0 aliphatic heterocycles. The van der Waals surface area contributed by atoms with Gasteiger partial charge in [-0.25, -0.2) is 0 Å². The predicted molar refractivity (Wildman–Crippen MR) is 70.4 cm³/mol. The summed E-state index contributed by atoms with van der Waals surface area (Å²) in [4.78, 5) is 3.04. The number of nitrogens with zero attached hydrogens (tertiary/aromatic N) is 1. The van der Waals surface area contributed by atoms with E-state index in [1.54, 1.807) is 4.57 Å². The molecule has 5 heteroatoms. The van der Waals surface area contributed by atoms with Crippen LogP contribution in [0.2, 0.25) is 10.0 Å². The molecule has 0 saturated carbocycles. The first-order valence-electron chi connectivity index (χ1n) is 4.74. The van der Waals surface area contributed by atoms with Gasteiger partial charge in [0, 0.05) is 11.9 Å². The van der Waals surface area contributed by atoms with E-state index < -0.39 is 0 Å². The zero-order valence-electron chi connectivity index (χ0n) is 8.84. The second kappa shape index (κ2) is 4.24. The molecular weight excluding hydrogens is 263 g/mol. The van der Waals surface area contributed by atoms with Gasteiger partial charge in [0.25, 0.3) is 0 Å². The molecule has 0 aliphatic carbocycles. The predicted octanol–water partition coefficient (Wildman–Crippen LogP) is 4.46. The number of benzene rings is 1. The van der Waals surface area contributed by atoms with E-state index in [-0.39, 0.29) is 0 Å². The van der Waals surface area contributed by atoms with Crippen LogP contribution in [-0.4, -0.2) is 9.55 Å². The second-order valence-electron chi connectivity index (χ2n) is 3.64. The van der Waals surface area contributed by atoms with E-state index >= 15 is 0 Å². The Morgan fingerprint density at radius 1 is 1.25 bits per heavy atom. The van der Waals surface area contributed by atoms with Gasteiger partial charge >= 0.3 is 0 Å². The summed E-state index contributed by atoms with van der Waals surface area (Å²) in [6.45, 7) is 3.87. The van der Waals surface area contributed by atoms with Crippen LogP contribution in [0.3, 0.4) is 0 Å².